The number of rotatable bonds is 4. The number of aryl methyl sites for hydroxylation is 1. The zero-order valence-corrected chi connectivity index (χ0v) is 9.45. The molecule has 0 unspecified atom stereocenters. The van der Waals surface area contributed by atoms with Gasteiger partial charge >= 0.3 is 5.97 Å². The summed E-state index contributed by atoms with van der Waals surface area (Å²) in [6.45, 7) is 4.88. The third kappa shape index (κ3) is 2.49. The Labute approximate surface area is 90.3 Å². The lowest BCUT2D eigenvalue weighted by Crippen LogP contribution is -2.21. The Hall–Kier alpha value is -1.51. The lowest BCUT2D eigenvalue weighted by molar-refractivity contribution is 0.0697. The van der Waals surface area contributed by atoms with Crippen molar-refractivity contribution in [2.75, 3.05) is 18.5 Å². The molecular formula is C12H17NO2. The third-order valence-corrected chi connectivity index (χ3v) is 2.41. The minimum Gasteiger partial charge on any atom is -0.478 e. The van der Waals surface area contributed by atoms with Crippen molar-refractivity contribution in [1.82, 2.24) is 0 Å². The molecule has 0 fully saturated rings. The van der Waals surface area contributed by atoms with Gasteiger partial charge in [-0.2, -0.15) is 0 Å². The molecule has 1 rings (SSSR count). The Bertz CT molecular complexity index is 361. The average molecular weight is 207 g/mol. The van der Waals surface area contributed by atoms with Crippen LogP contribution in [0.4, 0.5) is 5.69 Å². The molecule has 0 aliphatic carbocycles. The van der Waals surface area contributed by atoms with E-state index >= 15 is 0 Å². The predicted molar refractivity (Wildman–Crippen MR) is 61.7 cm³/mol. The molecule has 0 saturated carbocycles. The summed E-state index contributed by atoms with van der Waals surface area (Å²) in [4.78, 5) is 13.1. The summed E-state index contributed by atoms with van der Waals surface area (Å²) in [6.07, 6.45) is 1.00. The van der Waals surface area contributed by atoms with Crippen molar-refractivity contribution < 1.29 is 9.90 Å². The monoisotopic (exact) mass is 207 g/mol. The van der Waals surface area contributed by atoms with Gasteiger partial charge in [-0.3, -0.25) is 0 Å². The largest absolute Gasteiger partial charge is 0.478 e. The minimum atomic E-state index is -0.864. The fourth-order valence-electron chi connectivity index (χ4n) is 1.79. The Morgan fingerprint density at radius 1 is 1.47 bits per heavy atom. The summed E-state index contributed by atoms with van der Waals surface area (Å²) in [5.74, 6) is -0.864. The Balaban J connectivity index is 3.18. The van der Waals surface area contributed by atoms with E-state index in [1.807, 2.05) is 24.9 Å². The van der Waals surface area contributed by atoms with Gasteiger partial charge in [0.05, 0.1) is 11.3 Å². The lowest BCUT2D eigenvalue weighted by atomic mass is 10.1. The average Bonchev–Trinajstić information content (AvgIpc) is 2.17. The summed E-state index contributed by atoms with van der Waals surface area (Å²) in [7, 11) is 1.93. The van der Waals surface area contributed by atoms with E-state index in [0.29, 0.717) is 5.56 Å². The van der Waals surface area contributed by atoms with E-state index in [2.05, 4.69) is 6.92 Å². The van der Waals surface area contributed by atoms with Crippen molar-refractivity contribution in [2.45, 2.75) is 20.3 Å². The number of carboxylic acids is 1. The number of benzene rings is 1. The topological polar surface area (TPSA) is 40.5 Å². The first-order chi connectivity index (χ1) is 7.07. The van der Waals surface area contributed by atoms with E-state index in [1.165, 1.54) is 0 Å². The standard InChI is InChI=1S/C12H17NO2/c1-4-8-13(3)11-9(2)6-5-7-10(11)12(14)15/h5-7H,4,8H2,1-3H3,(H,14,15). The zero-order valence-electron chi connectivity index (χ0n) is 9.45. The van der Waals surface area contributed by atoms with Gasteiger partial charge in [0.25, 0.3) is 0 Å². The van der Waals surface area contributed by atoms with Crippen LogP contribution in [-0.2, 0) is 0 Å². The van der Waals surface area contributed by atoms with Crippen LogP contribution in [0.2, 0.25) is 0 Å². The number of carboxylic acid groups (broad SMARTS) is 1. The maximum absolute atomic E-state index is 11.1. The first-order valence-electron chi connectivity index (χ1n) is 5.12. The number of hydrogen-bond donors (Lipinski definition) is 1. The molecule has 0 aliphatic rings. The van der Waals surface area contributed by atoms with Gasteiger partial charge in [0.15, 0.2) is 0 Å². The molecule has 15 heavy (non-hydrogen) atoms. The summed E-state index contributed by atoms with van der Waals surface area (Å²) < 4.78 is 0. The van der Waals surface area contributed by atoms with Gasteiger partial charge in [0, 0.05) is 13.6 Å². The molecule has 0 amide bonds. The van der Waals surface area contributed by atoms with E-state index < -0.39 is 5.97 Å². The van der Waals surface area contributed by atoms with E-state index in [1.54, 1.807) is 12.1 Å². The van der Waals surface area contributed by atoms with Gasteiger partial charge in [-0.15, -0.1) is 0 Å². The maximum Gasteiger partial charge on any atom is 0.337 e. The van der Waals surface area contributed by atoms with Crippen LogP contribution in [0.15, 0.2) is 18.2 Å². The summed E-state index contributed by atoms with van der Waals surface area (Å²) >= 11 is 0. The smallest absolute Gasteiger partial charge is 0.337 e. The van der Waals surface area contributed by atoms with Crippen molar-refractivity contribution in [1.29, 1.82) is 0 Å². The van der Waals surface area contributed by atoms with E-state index in [4.69, 9.17) is 5.11 Å². The quantitative estimate of drug-likeness (QED) is 0.824. The molecule has 0 radical (unpaired) electrons. The zero-order chi connectivity index (χ0) is 11.4. The number of anilines is 1. The van der Waals surface area contributed by atoms with Gasteiger partial charge in [-0.05, 0) is 25.0 Å². The van der Waals surface area contributed by atoms with E-state index in [9.17, 15) is 4.79 Å². The molecule has 0 aliphatic heterocycles. The molecule has 0 saturated heterocycles. The minimum absolute atomic E-state index is 0.381. The molecule has 0 bridgehead atoms. The SMILES string of the molecule is CCCN(C)c1c(C)cccc1C(=O)O. The molecule has 1 N–H and O–H groups in total. The predicted octanol–water partition coefficient (Wildman–Crippen LogP) is 2.54. The number of para-hydroxylation sites is 1. The normalized spacial score (nSPS) is 10.1. The second-order valence-electron chi connectivity index (χ2n) is 3.70. The molecule has 0 spiro atoms. The van der Waals surface area contributed by atoms with Gasteiger partial charge < -0.3 is 10.0 Å². The molecule has 1 aromatic rings. The van der Waals surface area contributed by atoms with Crippen LogP contribution < -0.4 is 4.90 Å². The molecule has 3 heteroatoms. The fraction of sp³-hybridized carbons (Fsp3) is 0.417. The molecule has 0 atom stereocenters. The van der Waals surface area contributed by atoms with Gasteiger partial charge in [0.1, 0.15) is 0 Å². The second-order valence-corrected chi connectivity index (χ2v) is 3.70. The number of aromatic carboxylic acids is 1. The highest BCUT2D eigenvalue weighted by molar-refractivity contribution is 5.95. The molecule has 0 heterocycles. The van der Waals surface area contributed by atoms with Gasteiger partial charge in [-0.25, -0.2) is 4.79 Å². The van der Waals surface area contributed by atoms with Crippen LogP contribution >= 0.6 is 0 Å². The highest BCUT2D eigenvalue weighted by atomic mass is 16.4. The first-order valence-corrected chi connectivity index (χ1v) is 5.12. The molecule has 3 nitrogen and oxygen atoms in total. The van der Waals surface area contributed by atoms with Crippen molar-refractivity contribution in [3.63, 3.8) is 0 Å². The van der Waals surface area contributed by atoms with Crippen LogP contribution in [-0.4, -0.2) is 24.7 Å². The number of carbonyl (C=O) groups is 1. The van der Waals surface area contributed by atoms with Crippen LogP contribution in [0.5, 0.6) is 0 Å². The van der Waals surface area contributed by atoms with Crippen molar-refractivity contribution in [2.24, 2.45) is 0 Å². The maximum atomic E-state index is 11.1. The van der Waals surface area contributed by atoms with Crippen LogP contribution in [0.3, 0.4) is 0 Å². The molecule has 82 valence electrons. The highest BCUT2D eigenvalue weighted by Crippen LogP contribution is 2.24. The molecule has 1 aromatic carbocycles. The summed E-state index contributed by atoms with van der Waals surface area (Å²) in [5, 5.41) is 9.08. The lowest BCUT2D eigenvalue weighted by Gasteiger charge is -2.22. The van der Waals surface area contributed by atoms with Gasteiger partial charge in [0.2, 0.25) is 0 Å². The van der Waals surface area contributed by atoms with E-state index in [0.717, 1.165) is 24.2 Å². The molecule has 0 aromatic heterocycles. The third-order valence-electron chi connectivity index (χ3n) is 2.41. The Kier molecular flexibility index (Phi) is 3.72. The number of hydrogen-bond acceptors (Lipinski definition) is 2. The fourth-order valence-corrected chi connectivity index (χ4v) is 1.79. The van der Waals surface area contributed by atoms with Crippen LogP contribution in [0.1, 0.15) is 29.3 Å². The Morgan fingerprint density at radius 2 is 2.13 bits per heavy atom. The van der Waals surface area contributed by atoms with Crippen LogP contribution in [0.25, 0.3) is 0 Å². The highest BCUT2D eigenvalue weighted by Gasteiger charge is 2.14. The van der Waals surface area contributed by atoms with Gasteiger partial charge in [-0.1, -0.05) is 19.1 Å². The van der Waals surface area contributed by atoms with E-state index in [-0.39, 0.29) is 0 Å². The van der Waals surface area contributed by atoms with Crippen molar-refractivity contribution in [3.8, 4) is 0 Å². The summed E-state index contributed by atoms with van der Waals surface area (Å²) in [5.41, 5.74) is 2.21. The first kappa shape index (κ1) is 11.6. The van der Waals surface area contributed by atoms with Crippen molar-refractivity contribution >= 4 is 11.7 Å². The number of nitrogens with zero attached hydrogens (tertiary/aromatic N) is 1. The van der Waals surface area contributed by atoms with Crippen molar-refractivity contribution in [3.05, 3.63) is 29.3 Å². The van der Waals surface area contributed by atoms with Crippen LogP contribution in [0, 0.1) is 6.92 Å². The second kappa shape index (κ2) is 4.82. The summed E-state index contributed by atoms with van der Waals surface area (Å²) in [6, 6.07) is 5.37. The Morgan fingerprint density at radius 3 is 2.67 bits per heavy atom. The molecular weight excluding hydrogens is 190 g/mol.